The van der Waals surface area contributed by atoms with Crippen LogP contribution in [-0.4, -0.2) is 78.0 Å². The van der Waals surface area contributed by atoms with Crippen molar-refractivity contribution in [2.24, 2.45) is 0 Å². The van der Waals surface area contributed by atoms with Crippen LogP contribution in [0.4, 0.5) is 0 Å². The maximum atomic E-state index is 11.9. The van der Waals surface area contributed by atoms with Gasteiger partial charge in [0.15, 0.2) is 12.2 Å². The summed E-state index contributed by atoms with van der Waals surface area (Å²) in [4.78, 5) is 23.8. The lowest BCUT2D eigenvalue weighted by Crippen LogP contribution is -2.27. The van der Waals surface area contributed by atoms with E-state index in [1.165, 1.54) is 65.6 Å². The van der Waals surface area contributed by atoms with E-state index >= 15 is 0 Å². The number of unbranched alkanes of at least 4 members (excludes halogenated alkanes) is 10. The first-order valence-corrected chi connectivity index (χ1v) is 14.1. The summed E-state index contributed by atoms with van der Waals surface area (Å²) >= 11 is 0. The van der Waals surface area contributed by atoms with E-state index in [-0.39, 0.29) is 11.9 Å². The second-order valence-corrected chi connectivity index (χ2v) is 9.10. The molecule has 8 heteroatoms. The zero-order valence-corrected chi connectivity index (χ0v) is 23.6. The molecule has 0 bridgehead atoms. The Morgan fingerprint density at radius 3 is 1.19 bits per heavy atom. The van der Waals surface area contributed by atoms with Crippen LogP contribution in [0.25, 0.3) is 0 Å². The van der Waals surface area contributed by atoms with Gasteiger partial charge in [0.25, 0.3) is 0 Å². The van der Waals surface area contributed by atoms with Crippen LogP contribution < -0.4 is 0 Å². The molecule has 36 heavy (non-hydrogen) atoms. The van der Waals surface area contributed by atoms with Gasteiger partial charge in [-0.15, -0.1) is 0 Å². The van der Waals surface area contributed by atoms with E-state index in [0.717, 1.165) is 25.7 Å². The molecule has 0 amide bonds. The van der Waals surface area contributed by atoms with Crippen molar-refractivity contribution < 1.29 is 38.0 Å². The maximum Gasteiger partial charge on any atom is 0.334 e. The maximum absolute atomic E-state index is 11.9. The first kappa shape index (κ1) is 34.8. The molecule has 0 saturated carbocycles. The third-order valence-corrected chi connectivity index (χ3v) is 6.03. The fourth-order valence-electron chi connectivity index (χ4n) is 3.84. The average Bonchev–Trinajstić information content (AvgIpc) is 2.90. The van der Waals surface area contributed by atoms with Crippen molar-refractivity contribution in [3.8, 4) is 0 Å². The summed E-state index contributed by atoms with van der Waals surface area (Å²) < 4.78 is 32.1. The highest BCUT2D eigenvalue weighted by molar-refractivity contribution is 5.74. The molecule has 0 rings (SSSR count). The van der Waals surface area contributed by atoms with Crippen LogP contribution in [0.3, 0.4) is 0 Å². The van der Waals surface area contributed by atoms with Crippen LogP contribution >= 0.6 is 0 Å². The second-order valence-electron chi connectivity index (χ2n) is 9.10. The smallest absolute Gasteiger partial charge is 0.334 e. The SMILES string of the molecule is CCCCCCCCC(OCCOCCOCCOC(CCCCCCCC)C(=O)OC)C(=O)OC. The summed E-state index contributed by atoms with van der Waals surface area (Å²) in [6, 6.07) is 0. The Kier molecular flexibility index (Phi) is 25.9. The minimum Gasteiger partial charge on any atom is -0.467 e. The Labute approximate surface area is 220 Å². The topological polar surface area (TPSA) is 89.5 Å². The van der Waals surface area contributed by atoms with Gasteiger partial charge in [0.05, 0.1) is 53.9 Å². The molecule has 0 N–H and O–H groups in total. The van der Waals surface area contributed by atoms with E-state index < -0.39 is 12.2 Å². The summed E-state index contributed by atoms with van der Waals surface area (Å²) in [5.74, 6) is -0.651. The second kappa shape index (κ2) is 26.8. The van der Waals surface area contributed by atoms with Crippen molar-refractivity contribution in [2.75, 3.05) is 53.9 Å². The molecule has 0 aromatic rings. The number of hydrogen-bond acceptors (Lipinski definition) is 8. The molecule has 8 nitrogen and oxygen atoms in total. The summed E-state index contributed by atoms with van der Waals surface area (Å²) in [6.07, 6.45) is 14.3. The van der Waals surface area contributed by atoms with E-state index in [0.29, 0.717) is 52.5 Å². The summed E-state index contributed by atoms with van der Waals surface area (Å²) in [5.41, 5.74) is 0. The molecule has 2 atom stereocenters. The van der Waals surface area contributed by atoms with Gasteiger partial charge in [-0.2, -0.15) is 0 Å². The minimum atomic E-state index is -0.530. The fraction of sp³-hybridized carbons (Fsp3) is 0.929. The highest BCUT2D eigenvalue weighted by atomic mass is 16.6. The minimum absolute atomic E-state index is 0.325. The normalized spacial score (nSPS) is 12.9. The number of carbonyl (C=O) groups is 2. The first-order chi connectivity index (χ1) is 17.6. The van der Waals surface area contributed by atoms with Crippen molar-refractivity contribution in [3.05, 3.63) is 0 Å². The Morgan fingerprint density at radius 1 is 0.500 bits per heavy atom. The van der Waals surface area contributed by atoms with Gasteiger partial charge in [0.2, 0.25) is 0 Å². The van der Waals surface area contributed by atoms with Crippen LogP contribution in [0, 0.1) is 0 Å². The van der Waals surface area contributed by atoms with Gasteiger partial charge in [0.1, 0.15) is 0 Å². The predicted molar refractivity (Wildman–Crippen MR) is 141 cm³/mol. The van der Waals surface area contributed by atoms with Gasteiger partial charge in [-0.3, -0.25) is 0 Å². The molecule has 0 aromatic carbocycles. The van der Waals surface area contributed by atoms with Gasteiger partial charge in [-0.25, -0.2) is 9.59 Å². The fourth-order valence-corrected chi connectivity index (χ4v) is 3.84. The summed E-state index contributed by atoms with van der Waals surface area (Å²) in [6.45, 7) is 6.66. The summed E-state index contributed by atoms with van der Waals surface area (Å²) in [5, 5.41) is 0. The molecular formula is C28H54O8. The number of hydrogen-bond donors (Lipinski definition) is 0. The van der Waals surface area contributed by atoms with E-state index in [1.807, 2.05) is 0 Å². The van der Waals surface area contributed by atoms with Crippen LogP contribution in [0.1, 0.15) is 104 Å². The van der Waals surface area contributed by atoms with E-state index in [9.17, 15) is 9.59 Å². The van der Waals surface area contributed by atoms with Gasteiger partial charge < -0.3 is 28.4 Å². The molecule has 0 saturated heterocycles. The van der Waals surface area contributed by atoms with Crippen molar-refractivity contribution in [2.45, 2.75) is 116 Å². The van der Waals surface area contributed by atoms with Gasteiger partial charge in [-0.1, -0.05) is 90.9 Å². The third-order valence-electron chi connectivity index (χ3n) is 6.03. The molecule has 0 spiro atoms. The Morgan fingerprint density at radius 2 is 0.833 bits per heavy atom. The Hall–Kier alpha value is -1.22. The number of ether oxygens (including phenoxy) is 6. The Balaban J connectivity index is 3.82. The lowest BCUT2D eigenvalue weighted by atomic mass is 10.1. The first-order valence-electron chi connectivity index (χ1n) is 14.1. The quantitative estimate of drug-likeness (QED) is 0.102. The summed E-state index contributed by atoms with van der Waals surface area (Å²) in [7, 11) is 2.78. The highest BCUT2D eigenvalue weighted by Crippen LogP contribution is 2.13. The largest absolute Gasteiger partial charge is 0.467 e. The van der Waals surface area contributed by atoms with Gasteiger partial charge in [0, 0.05) is 0 Å². The third kappa shape index (κ3) is 20.9. The molecule has 0 aromatic heterocycles. The van der Waals surface area contributed by atoms with E-state index in [4.69, 9.17) is 28.4 Å². The predicted octanol–water partition coefficient (Wildman–Crippen LogP) is 5.64. The monoisotopic (exact) mass is 518 g/mol. The number of rotatable bonds is 27. The van der Waals surface area contributed by atoms with Crippen molar-refractivity contribution in [1.29, 1.82) is 0 Å². The van der Waals surface area contributed by atoms with Crippen molar-refractivity contribution in [3.63, 3.8) is 0 Å². The molecule has 0 radical (unpaired) electrons. The van der Waals surface area contributed by atoms with Crippen LogP contribution in [0.2, 0.25) is 0 Å². The number of carbonyl (C=O) groups excluding carboxylic acids is 2. The van der Waals surface area contributed by atoms with E-state index in [2.05, 4.69) is 13.8 Å². The zero-order valence-electron chi connectivity index (χ0n) is 23.6. The Bertz CT molecular complexity index is 456. The van der Waals surface area contributed by atoms with E-state index in [1.54, 1.807) is 0 Å². The molecular weight excluding hydrogens is 464 g/mol. The highest BCUT2D eigenvalue weighted by Gasteiger charge is 2.20. The average molecular weight is 519 g/mol. The number of methoxy groups -OCH3 is 2. The molecule has 214 valence electrons. The lowest BCUT2D eigenvalue weighted by Gasteiger charge is -2.16. The van der Waals surface area contributed by atoms with Crippen LogP contribution in [-0.2, 0) is 38.0 Å². The van der Waals surface area contributed by atoms with Crippen LogP contribution in [0.15, 0.2) is 0 Å². The molecule has 0 heterocycles. The number of esters is 2. The lowest BCUT2D eigenvalue weighted by molar-refractivity contribution is -0.157. The van der Waals surface area contributed by atoms with Crippen LogP contribution in [0.5, 0.6) is 0 Å². The zero-order chi connectivity index (χ0) is 26.7. The molecule has 0 aliphatic heterocycles. The molecule has 0 fully saturated rings. The van der Waals surface area contributed by atoms with Crippen molar-refractivity contribution in [1.82, 2.24) is 0 Å². The molecule has 0 aliphatic rings. The van der Waals surface area contributed by atoms with Crippen molar-refractivity contribution >= 4 is 11.9 Å². The standard InChI is InChI=1S/C28H54O8/c1-5-7-9-11-13-15-17-25(27(29)31-3)35-23-21-33-19-20-34-22-24-36-26(28(30)32-4)18-16-14-12-10-8-6-2/h25-26H,5-24H2,1-4H3. The van der Waals surface area contributed by atoms with Gasteiger partial charge in [-0.05, 0) is 12.8 Å². The molecule has 0 aliphatic carbocycles. The molecule has 2 unspecified atom stereocenters. The van der Waals surface area contributed by atoms with Gasteiger partial charge >= 0.3 is 11.9 Å².